The molecule has 1 saturated heterocycles. The second-order valence-electron chi connectivity index (χ2n) is 3.91. The quantitative estimate of drug-likeness (QED) is 0.691. The van der Waals surface area contributed by atoms with E-state index in [1.807, 2.05) is 0 Å². The Morgan fingerprint density at radius 3 is 2.94 bits per heavy atom. The minimum absolute atomic E-state index is 0.142. The van der Waals surface area contributed by atoms with Crippen molar-refractivity contribution in [1.82, 2.24) is 10.1 Å². The van der Waals surface area contributed by atoms with Gasteiger partial charge in [0, 0.05) is 6.54 Å². The second-order valence-corrected chi connectivity index (χ2v) is 3.91. The molecule has 1 aromatic heterocycles. The van der Waals surface area contributed by atoms with Crippen LogP contribution < -0.4 is 0 Å². The van der Waals surface area contributed by atoms with Crippen LogP contribution in [-0.4, -0.2) is 54.8 Å². The van der Waals surface area contributed by atoms with Gasteiger partial charge in [-0.1, -0.05) is 5.16 Å². The molecule has 1 aliphatic heterocycles. The molecule has 1 aromatic rings. The first-order chi connectivity index (χ1) is 8.65. The molecule has 1 fully saturated rings. The zero-order chi connectivity index (χ0) is 13.1. The summed E-state index contributed by atoms with van der Waals surface area (Å²) in [6.07, 6.45) is 1.35. The summed E-state index contributed by atoms with van der Waals surface area (Å²) in [5, 5.41) is 3.56. The van der Waals surface area contributed by atoms with Gasteiger partial charge in [-0.05, 0) is 6.92 Å². The molecule has 0 N–H and O–H groups in total. The molecule has 1 aliphatic rings. The molecule has 0 saturated carbocycles. The summed E-state index contributed by atoms with van der Waals surface area (Å²) in [7, 11) is 1.28. The summed E-state index contributed by atoms with van der Waals surface area (Å²) in [6, 6.07) is -0.717. The van der Waals surface area contributed by atoms with E-state index in [9.17, 15) is 9.59 Å². The van der Waals surface area contributed by atoms with Crippen molar-refractivity contribution in [2.45, 2.75) is 13.0 Å². The molecular weight excluding hydrogens is 240 g/mol. The molecule has 0 aliphatic carbocycles. The van der Waals surface area contributed by atoms with Crippen LogP contribution >= 0.6 is 0 Å². The Morgan fingerprint density at radius 1 is 1.56 bits per heavy atom. The molecule has 0 bridgehead atoms. The Labute approximate surface area is 104 Å². The lowest BCUT2D eigenvalue weighted by Gasteiger charge is -2.33. The van der Waals surface area contributed by atoms with E-state index < -0.39 is 12.0 Å². The van der Waals surface area contributed by atoms with E-state index in [4.69, 9.17) is 9.26 Å². The van der Waals surface area contributed by atoms with Gasteiger partial charge in [0.05, 0.1) is 26.5 Å². The summed E-state index contributed by atoms with van der Waals surface area (Å²) in [6.45, 7) is 2.52. The Morgan fingerprint density at radius 2 is 2.33 bits per heavy atom. The van der Waals surface area contributed by atoms with Gasteiger partial charge in [-0.2, -0.15) is 0 Å². The van der Waals surface area contributed by atoms with Crippen LogP contribution in [0.2, 0.25) is 0 Å². The van der Waals surface area contributed by atoms with Crippen LogP contribution in [0.1, 0.15) is 16.1 Å². The van der Waals surface area contributed by atoms with Crippen molar-refractivity contribution in [2.24, 2.45) is 0 Å². The fourth-order valence-electron chi connectivity index (χ4n) is 1.84. The lowest BCUT2D eigenvalue weighted by atomic mass is 10.1. The fourth-order valence-corrected chi connectivity index (χ4v) is 1.84. The van der Waals surface area contributed by atoms with Crippen molar-refractivity contribution in [3.63, 3.8) is 0 Å². The number of nitrogens with zero attached hydrogens (tertiary/aromatic N) is 2. The summed E-state index contributed by atoms with van der Waals surface area (Å²) in [5.74, 6) is -0.361. The first-order valence-corrected chi connectivity index (χ1v) is 5.53. The van der Waals surface area contributed by atoms with Gasteiger partial charge in [-0.25, -0.2) is 4.79 Å². The maximum absolute atomic E-state index is 12.3. The average molecular weight is 254 g/mol. The van der Waals surface area contributed by atoms with Crippen LogP contribution in [-0.2, 0) is 14.3 Å². The highest BCUT2D eigenvalue weighted by molar-refractivity contribution is 5.97. The summed E-state index contributed by atoms with van der Waals surface area (Å²) in [5.41, 5.74) is 0.353. The number of rotatable bonds is 2. The molecule has 0 radical (unpaired) electrons. The predicted molar refractivity (Wildman–Crippen MR) is 58.9 cm³/mol. The minimum atomic E-state index is -0.717. The average Bonchev–Trinajstić information content (AvgIpc) is 2.83. The molecule has 1 amide bonds. The van der Waals surface area contributed by atoms with E-state index in [-0.39, 0.29) is 12.5 Å². The van der Waals surface area contributed by atoms with Gasteiger partial charge < -0.3 is 18.9 Å². The lowest BCUT2D eigenvalue weighted by molar-refractivity contribution is -0.151. The molecule has 98 valence electrons. The fraction of sp³-hybridized carbons (Fsp3) is 0.545. The number of carbonyl (C=O) groups excluding carboxylic acids is 2. The SMILES string of the molecule is COC(=O)C1COCCN1C(=O)c1cnoc1C. The van der Waals surface area contributed by atoms with Gasteiger partial charge >= 0.3 is 5.97 Å². The number of morpholine rings is 1. The molecule has 2 rings (SSSR count). The van der Waals surface area contributed by atoms with Gasteiger partial charge in [0.25, 0.3) is 5.91 Å². The maximum Gasteiger partial charge on any atom is 0.331 e. The van der Waals surface area contributed by atoms with Gasteiger partial charge in [0.1, 0.15) is 11.3 Å². The van der Waals surface area contributed by atoms with Crippen molar-refractivity contribution in [2.75, 3.05) is 26.9 Å². The predicted octanol–water partition coefficient (Wildman–Crippen LogP) is -0.00298. The number of hydrogen-bond acceptors (Lipinski definition) is 6. The third-order valence-electron chi connectivity index (χ3n) is 2.84. The molecular formula is C11H14N2O5. The standard InChI is InChI=1S/C11H14N2O5/c1-7-8(5-12-18-7)10(14)13-3-4-17-6-9(13)11(15)16-2/h5,9H,3-4,6H2,1-2H3. The van der Waals surface area contributed by atoms with Gasteiger partial charge in [0.15, 0.2) is 6.04 Å². The highest BCUT2D eigenvalue weighted by atomic mass is 16.5. The Hall–Kier alpha value is -1.89. The van der Waals surface area contributed by atoms with Crippen LogP contribution in [0.4, 0.5) is 0 Å². The molecule has 7 nitrogen and oxygen atoms in total. The molecule has 7 heteroatoms. The van der Waals surface area contributed by atoms with E-state index in [0.717, 1.165) is 0 Å². The van der Waals surface area contributed by atoms with Crippen LogP contribution in [0.15, 0.2) is 10.7 Å². The van der Waals surface area contributed by atoms with Crippen LogP contribution in [0.5, 0.6) is 0 Å². The third kappa shape index (κ3) is 2.21. The van der Waals surface area contributed by atoms with E-state index >= 15 is 0 Å². The lowest BCUT2D eigenvalue weighted by Crippen LogP contribution is -2.53. The number of esters is 1. The van der Waals surface area contributed by atoms with Crippen molar-refractivity contribution >= 4 is 11.9 Å². The third-order valence-corrected chi connectivity index (χ3v) is 2.84. The van der Waals surface area contributed by atoms with E-state index in [2.05, 4.69) is 9.89 Å². The van der Waals surface area contributed by atoms with Crippen LogP contribution in [0, 0.1) is 6.92 Å². The number of aryl methyl sites for hydroxylation is 1. The highest BCUT2D eigenvalue weighted by Crippen LogP contribution is 2.15. The normalized spacial score (nSPS) is 19.7. The Bertz CT molecular complexity index is 456. The molecule has 18 heavy (non-hydrogen) atoms. The zero-order valence-electron chi connectivity index (χ0n) is 10.2. The highest BCUT2D eigenvalue weighted by Gasteiger charge is 2.35. The molecule has 0 spiro atoms. The molecule has 1 unspecified atom stereocenters. The monoisotopic (exact) mass is 254 g/mol. The summed E-state index contributed by atoms with van der Waals surface area (Å²) < 4.78 is 14.7. The van der Waals surface area contributed by atoms with E-state index in [0.29, 0.717) is 24.5 Å². The summed E-state index contributed by atoms with van der Waals surface area (Å²) in [4.78, 5) is 25.3. The van der Waals surface area contributed by atoms with Gasteiger partial charge in [-0.15, -0.1) is 0 Å². The number of methoxy groups -OCH3 is 1. The summed E-state index contributed by atoms with van der Waals surface area (Å²) >= 11 is 0. The van der Waals surface area contributed by atoms with Crippen molar-refractivity contribution in [3.8, 4) is 0 Å². The Kier molecular flexibility index (Phi) is 3.61. The van der Waals surface area contributed by atoms with Gasteiger partial charge in [0.2, 0.25) is 0 Å². The number of ether oxygens (including phenoxy) is 2. The number of amides is 1. The smallest absolute Gasteiger partial charge is 0.331 e. The van der Waals surface area contributed by atoms with Crippen LogP contribution in [0.25, 0.3) is 0 Å². The minimum Gasteiger partial charge on any atom is -0.467 e. The largest absolute Gasteiger partial charge is 0.467 e. The second kappa shape index (κ2) is 5.18. The van der Waals surface area contributed by atoms with E-state index in [1.165, 1.54) is 18.2 Å². The number of aromatic nitrogens is 1. The van der Waals surface area contributed by atoms with Crippen LogP contribution in [0.3, 0.4) is 0 Å². The topological polar surface area (TPSA) is 81.9 Å². The molecule has 0 aromatic carbocycles. The van der Waals surface area contributed by atoms with Crippen molar-refractivity contribution in [1.29, 1.82) is 0 Å². The maximum atomic E-state index is 12.3. The molecule has 1 atom stereocenters. The first kappa shape index (κ1) is 12.6. The number of hydrogen-bond donors (Lipinski definition) is 0. The Balaban J connectivity index is 2.21. The number of carbonyl (C=O) groups is 2. The first-order valence-electron chi connectivity index (χ1n) is 5.53. The van der Waals surface area contributed by atoms with E-state index in [1.54, 1.807) is 6.92 Å². The van der Waals surface area contributed by atoms with Crippen molar-refractivity contribution in [3.05, 3.63) is 17.5 Å². The zero-order valence-corrected chi connectivity index (χ0v) is 10.2. The van der Waals surface area contributed by atoms with Gasteiger partial charge in [-0.3, -0.25) is 4.79 Å². The molecule has 2 heterocycles. The van der Waals surface area contributed by atoms with Crippen molar-refractivity contribution < 1.29 is 23.6 Å².